The fourth-order valence-corrected chi connectivity index (χ4v) is 2.10. The molecule has 0 bridgehead atoms. The van der Waals surface area contributed by atoms with Crippen LogP contribution in [0.25, 0.3) is 0 Å². The highest BCUT2D eigenvalue weighted by molar-refractivity contribution is 7.98. The van der Waals surface area contributed by atoms with Crippen LogP contribution < -0.4 is 4.90 Å². The van der Waals surface area contributed by atoms with Gasteiger partial charge in [-0.1, -0.05) is 13.8 Å². The summed E-state index contributed by atoms with van der Waals surface area (Å²) in [5.74, 6) is 0.646. The van der Waals surface area contributed by atoms with E-state index in [1.54, 1.807) is 22.9 Å². The Kier molecular flexibility index (Phi) is 2.88. The maximum atomic E-state index is 12.1. The van der Waals surface area contributed by atoms with E-state index in [1.165, 1.54) is 0 Å². The van der Waals surface area contributed by atoms with Gasteiger partial charge < -0.3 is 0 Å². The van der Waals surface area contributed by atoms with E-state index in [2.05, 4.69) is 9.97 Å². The van der Waals surface area contributed by atoms with Gasteiger partial charge >= 0.3 is 0 Å². The number of hydrogen-bond donors (Lipinski definition) is 0. The van der Waals surface area contributed by atoms with Gasteiger partial charge in [0.1, 0.15) is 5.03 Å². The van der Waals surface area contributed by atoms with Crippen molar-refractivity contribution in [1.29, 1.82) is 0 Å². The Balaban J connectivity index is 2.29. The summed E-state index contributed by atoms with van der Waals surface area (Å²) in [5, 5.41) is 0.891. The molecule has 16 heavy (non-hydrogen) atoms. The van der Waals surface area contributed by atoms with Gasteiger partial charge in [0, 0.05) is 18.2 Å². The number of amides is 1. The van der Waals surface area contributed by atoms with Crippen molar-refractivity contribution in [3.8, 4) is 0 Å². The largest absolute Gasteiger partial charge is 0.280 e. The molecule has 0 N–H and O–H groups in total. The number of aromatic nitrogens is 2. The van der Waals surface area contributed by atoms with Crippen LogP contribution in [-0.4, -0.2) is 28.7 Å². The van der Waals surface area contributed by atoms with Gasteiger partial charge in [0.2, 0.25) is 11.9 Å². The van der Waals surface area contributed by atoms with Gasteiger partial charge in [-0.3, -0.25) is 9.69 Å². The summed E-state index contributed by atoms with van der Waals surface area (Å²) in [5.41, 5.74) is -0.279. The van der Waals surface area contributed by atoms with Gasteiger partial charge in [-0.05, 0) is 18.7 Å². The highest BCUT2D eigenvalue weighted by atomic mass is 32.2. The lowest BCUT2D eigenvalue weighted by molar-refractivity contribution is -0.124. The Morgan fingerprint density at radius 1 is 1.50 bits per heavy atom. The van der Waals surface area contributed by atoms with Crippen LogP contribution in [0.15, 0.2) is 17.3 Å². The number of carbonyl (C=O) groups is 1. The number of hydrogen-bond acceptors (Lipinski definition) is 4. The molecule has 1 saturated heterocycles. The van der Waals surface area contributed by atoms with E-state index < -0.39 is 0 Å². The smallest absolute Gasteiger partial charge is 0.235 e. The predicted octanol–water partition coefficient (Wildman–Crippen LogP) is 1.96. The monoisotopic (exact) mass is 237 g/mol. The van der Waals surface area contributed by atoms with Crippen LogP contribution in [-0.2, 0) is 4.79 Å². The molecule has 1 aromatic heterocycles. The zero-order valence-electron chi connectivity index (χ0n) is 9.73. The van der Waals surface area contributed by atoms with Crippen LogP contribution in [0.1, 0.15) is 20.3 Å². The fourth-order valence-electron chi connectivity index (χ4n) is 1.73. The minimum Gasteiger partial charge on any atom is -0.280 e. The SMILES string of the molecule is CSc1ccnc(N2CCC(C)(C)C2=O)n1. The lowest BCUT2D eigenvalue weighted by Crippen LogP contribution is -2.32. The van der Waals surface area contributed by atoms with Crippen molar-refractivity contribution in [3.63, 3.8) is 0 Å². The van der Waals surface area contributed by atoms with Gasteiger partial charge in [0.15, 0.2) is 0 Å². The third kappa shape index (κ3) is 1.91. The van der Waals surface area contributed by atoms with E-state index in [0.29, 0.717) is 12.5 Å². The van der Waals surface area contributed by atoms with Gasteiger partial charge in [-0.2, -0.15) is 0 Å². The van der Waals surface area contributed by atoms with E-state index in [-0.39, 0.29) is 11.3 Å². The average Bonchev–Trinajstić information content (AvgIpc) is 2.55. The Hall–Kier alpha value is -1.10. The molecule has 5 heteroatoms. The molecule has 0 unspecified atom stereocenters. The van der Waals surface area contributed by atoms with Crippen LogP contribution in [0, 0.1) is 5.41 Å². The molecule has 0 aliphatic carbocycles. The zero-order chi connectivity index (χ0) is 11.8. The third-order valence-electron chi connectivity index (χ3n) is 2.85. The standard InChI is InChI=1S/C11H15N3OS/c1-11(2)5-7-14(9(11)15)10-12-6-4-8(13-10)16-3/h4,6H,5,7H2,1-3H3. The minimum atomic E-state index is -0.279. The van der Waals surface area contributed by atoms with E-state index >= 15 is 0 Å². The first-order chi connectivity index (χ1) is 7.54. The Morgan fingerprint density at radius 2 is 2.25 bits per heavy atom. The second-order valence-electron chi connectivity index (χ2n) is 4.49. The first kappa shape index (κ1) is 11.4. The van der Waals surface area contributed by atoms with E-state index in [4.69, 9.17) is 0 Å². The van der Waals surface area contributed by atoms with Crippen molar-refractivity contribution < 1.29 is 4.79 Å². The highest BCUT2D eigenvalue weighted by Gasteiger charge is 2.40. The number of nitrogens with zero attached hydrogens (tertiary/aromatic N) is 3. The molecule has 0 spiro atoms. The Bertz CT molecular complexity index is 419. The highest BCUT2D eigenvalue weighted by Crippen LogP contribution is 2.32. The lowest BCUT2D eigenvalue weighted by atomic mass is 9.92. The summed E-state index contributed by atoms with van der Waals surface area (Å²) in [6.07, 6.45) is 4.52. The number of anilines is 1. The second kappa shape index (κ2) is 4.05. The molecule has 0 atom stereocenters. The van der Waals surface area contributed by atoms with E-state index in [0.717, 1.165) is 11.4 Å². The molecule has 0 aromatic carbocycles. The number of carbonyl (C=O) groups excluding carboxylic acids is 1. The third-order valence-corrected chi connectivity index (χ3v) is 3.50. The van der Waals surface area contributed by atoms with Crippen molar-refractivity contribution in [3.05, 3.63) is 12.3 Å². The van der Waals surface area contributed by atoms with Gasteiger partial charge in [-0.25, -0.2) is 9.97 Å². The molecule has 1 aromatic rings. The maximum Gasteiger partial charge on any atom is 0.235 e. The maximum absolute atomic E-state index is 12.1. The van der Waals surface area contributed by atoms with Crippen LogP contribution in [0.3, 0.4) is 0 Å². The van der Waals surface area contributed by atoms with Crippen LogP contribution in [0.4, 0.5) is 5.95 Å². The van der Waals surface area contributed by atoms with Gasteiger partial charge in [0.05, 0.1) is 0 Å². The fraction of sp³-hybridized carbons (Fsp3) is 0.545. The lowest BCUT2D eigenvalue weighted by Gasteiger charge is -2.17. The summed E-state index contributed by atoms with van der Waals surface area (Å²) in [7, 11) is 0. The normalized spacial score (nSPS) is 19.2. The molecule has 86 valence electrons. The van der Waals surface area contributed by atoms with Crippen molar-refractivity contribution in [1.82, 2.24) is 9.97 Å². The Morgan fingerprint density at radius 3 is 2.81 bits per heavy atom. The van der Waals surface area contributed by atoms with Gasteiger partial charge in [-0.15, -0.1) is 11.8 Å². The number of thioether (sulfide) groups is 1. The van der Waals surface area contributed by atoms with E-state index in [9.17, 15) is 4.79 Å². The van der Waals surface area contributed by atoms with Crippen molar-refractivity contribution >= 4 is 23.6 Å². The second-order valence-corrected chi connectivity index (χ2v) is 5.32. The summed E-state index contributed by atoms with van der Waals surface area (Å²) in [6.45, 7) is 4.64. The van der Waals surface area contributed by atoms with Crippen molar-refractivity contribution in [2.24, 2.45) is 5.41 Å². The molecule has 0 saturated carbocycles. The Labute approximate surface area is 99.5 Å². The average molecular weight is 237 g/mol. The molecular weight excluding hydrogens is 222 g/mol. The molecule has 1 amide bonds. The zero-order valence-corrected chi connectivity index (χ0v) is 10.5. The molecule has 1 fully saturated rings. The van der Waals surface area contributed by atoms with Crippen molar-refractivity contribution in [2.75, 3.05) is 17.7 Å². The quantitative estimate of drug-likeness (QED) is 0.582. The van der Waals surface area contributed by atoms with Crippen LogP contribution in [0.2, 0.25) is 0 Å². The molecule has 0 radical (unpaired) electrons. The van der Waals surface area contributed by atoms with Crippen LogP contribution in [0.5, 0.6) is 0 Å². The minimum absolute atomic E-state index is 0.116. The summed E-state index contributed by atoms with van der Waals surface area (Å²) < 4.78 is 0. The predicted molar refractivity (Wildman–Crippen MR) is 64.6 cm³/mol. The molecule has 4 nitrogen and oxygen atoms in total. The molecule has 1 aliphatic rings. The summed E-state index contributed by atoms with van der Waals surface area (Å²) >= 11 is 1.55. The first-order valence-corrected chi connectivity index (χ1v) is 6.46. The van der Waals surface area contributed by atoms with Gasteiger partial charge in [0.25, 0.3) is 0 Å². The first-order valence-electron chi connectivity index (χ1n) is 5.23. The van der Waals surface area contributed by atoms with Crippen molar-refractivity contribution in [2.45, 2.75) is 25.3 Å². The molecule has 2 rings (SSSR count). The molecule has 2 heterocycles. The molecular formula is C11H15N3OS. The molecule has 1 aliphatic heterocycles. The summed E-state index contributed by atoms with van der Waals surface area (Å²) in [6, 6.07) is 1.85. The van der Waals surface area contributed by atoms with Crippen LogP contribution >= 0.6 is 11.8 Å². The number of rotatable bonds is 2. The summed E-state index contributed by atoms with van der Waals surface area (Å²) in [4.78, 5) is 22.3. The van der Waals surface area contributed by atoms with E-state index in [1.807, 2.05) is 26.2 Å². The topological polar surface area (TPSA) is 46.1 Å².